The number of benzene rings is 1. The van der Waals surface area contributed by atoms with E-state index in [9.17, 15) is 4.79 Å². The molecule has 2 nitrogen and oxygen atoms in total. The molecule has 1 aliphatic heterocycles. The lowest BCUT2D eigenvalue weighted by molar-refractivity contribution is 0.0685. The van der Waals surface area contributed by atoms with Crippen molar-refractivity contribution in [3.05, 3.63) is 32.7 Å². The molecule has 2 rings (SSSR count). The van der Waals surface area contributed by atoms with Crippen molar-refractivity contribution < 1.29 is 4.79 Å². The Morgan fingerprint density at radius 2 is 2.00 bits per heavy atom. The zero-order chi connectivity index (χ0) is 13.8. The SMILES string of the molecule is CCCC1CCN(C(=O)c2cc(Br)ccc2Br)CC1. The van der Waals surface area contributed by atoms with Gasteiger partial charge in [0.15, 0.2) is 0 Å². The van der Waals surface area contributed by atoms with E-state index in [1.165, 1.54) is 12.8 Å². The highest BCUT2D eigenvalue weighted by molar-refractivity contribution is 9.11. The van der Waals surface area contributed by atoms with E-state index in [1.807, 2.05) is 23.1 Å². The normalized spacial score (nSPS) is 16.7. The van der Waals surface area contributed by atoms with Gasteiger partial charge in [0.05, 0.1) is 5.56 Å². The molecule has 19 heavy (non-hydrogen) atoms. The molecule has 1 saturated heterocycles. The van der Waals surface area contributed by atoms with Crippen molar-refractivity contribution in [3.63, 3.8) is 0 Å². The third-order valence-electron chi connectivity index (χ3n) is 3.76. The van der Waals surface area contributed by atoms with Crippen LogP contribution in [-0.4, -0.2) is 23.9 Å². The maximum absolute atomic E-state index is 12.5. The smallest absolute Gasteiger partial charge is 0.255 e. The van der Waals surface area contributed by atoms with Crippen molar-refractivity contribution in [2.24, 2.45) is 5.92 Å². The molecule has 1 fully saturated rings. The Morgan fingerprint density at radius 1 is 1.32 bits per heavy atom. The minimum Gasteiger partial charge on any atom is -0.339 e. The first kappa shape index (κ1) is 15.0. The minimum absolute atomic E-state index is 0.142. The zero-order valence-corrected chi connectivity index (χ0v) is 14.3. The highest BCUT2D eigenvalue weighted by Gasteiger charge is 2.24. The number of rotatable bonds is 3. The van der Waals surface area contributed by atoms with E-state index >= 15 is 0 Å². The van der Waals surface area contributed by atoms with E-state index < -0.39 is 0 Å². The van der Waals surface area contributed by atoms with Crippen LogP contribution in [0.3, 0.4) is 0 Å². The summed E-state index contributed by atoms with van der Waals surface area (Å²) < 4.78 is 1.82. The lowest BCUT2D eigenvalue weighted by Crippen LogP contribution is -2.38. The van der Waals surface area contributed by atoms with Gasteiger partial charge in [-0.3, -0.25) is 4.79 Å². The van der Waals surface area contributed by atoms with Gasteiger partial charge in [-0.1, -0.05) is 35.7 Å². The van der Waals surface area contributed by atoms with Crippen molar-refractivity contribution in [2.45, 2.75) is 32.6 Å². The molecule has 1 heterocycles. The van der Waals surface area contributed by atoms with Gasteiger partial charge in [0.2, 0.25) is 0 Å². The second-order valence-corrected chi connectivity index (χ2v) is 6.92. The number of carbonyl (C=O) groups excluding carboxylic acids is 1. The summed E-state index contributed by atoms with van der Waals surface area (Å²) >= 11 is 6.89. The molecule has 0 atom stereocenters. The van der Waals surface area contributed by atoms with Crippen LogP contribution in [0.5, 0.6) is 0 Å². The first-order valence-corrected chi connectivity index (χ1v) is 8.44. The fraction of sp³-hybridized carbons (Fsp3) is 0.533. The summed E-state index contributed by atoms with van der Waals surface area (Å²) in [6.45, 7) is 4.01. The molecule has 1 amide bonds. The van der Waals surface area contributed by atoms with Gasteiger partial charge < -0.3 is 4.90 Å². The second kappa shape index (κ2) is 6.89. The molecule has 1 aromatic rings. The highest BCUT2D eigenvalue weighted by Crippen LogP contribution is 2.26. The predicted molar refractivity (Wildman–Crippen MR) is 85.4 cm³/mol. The van der Waals surface area contributed by atoms with Crippen LogP contribution in [0, 0.1) is 5.92 Å². The number of hydrogen-bond acceptors (Lipinski definition) is 1. The van der Waals surface area contributed by atoms with Crippen LogP contribution in [0.15, 0.2) is 27.1 Å². The second-order valence-electron chi connectivity index (χ2n) is 5.15. The molecule has 0 bridgehead atoms. The summed E-state index contributed by atoms with van der Waals surface area (Å²) in [5.74, 6) is 0.947. The van der Waals surface area contributed by atoms with Crippen LogP contribution in [-0.2, 0) is 0 Å². The molecule has 0 N–H and O–H groups in total. The first-order valence-electron chi connectivity index (χ1n) is 6.86. The lowest BCUT2D eigenvalue weighted by atomic mass is 9.92. The first-order chi connectivity index (χ1) is 9.11. The lowest BCUT2D eigenvalue weighted by Gasteiger charge is -2.32. The number of halogens is 2. The summed E-state index contributed by atoms with van der Waals surface area (Å²) in [6.07, 6.45) is 4.83. The molecule has 1 aliphatic rings. The molecule has 1 aromatic carbocycles. The molecule has 0 saturated carbocycles. The molecule has 0 aromatic heterocycles. The number of amides is 1. The summed E-state index contributed by atoms with van der Waals surface area (Å²) in [4.78, 5) is 14.5. The molecule has 4 heteroatoms. The molecular weight excluding hydrogens is 370 g/mol. The number of likely N-dealkylation sites (tertiary alicyclic amines) is 1. The van der Waals surface area contributed by atoms with Crippen molar-refractivity contribution in [3.8, 4) is 0 Å². The average molecular weight is 389 g/mol. The van der Waals surface area contributed by atoms with Gasteiger partial charge in [-0.05, 0) is 52.9 Å². The quantitative estimate of drug-likeness (QED) is 0.723. The summed E-state index contributed by atoms with van der Waals surface area (Å²) in [6, 6.07) is 5.75. The highest BCUT2D eigenvalue weighted by atomic mass is 79.9. The molecule has 0 aliphatic carbocycles. The van der Waals surface area contributed by atoms with Crippen LogP contribution < -0.4 is 0 Å². The number of nitrogens with zero attached hydrogens (tertiary/aromatic N) is 1. The summed E-state index contributed by atoms with van der Waals surface area (Å²) in [5, 5.41) is 0. The average Bonchev–Trinajstić information content (AvgIpc) is 2.42. The minimum atomic E-state index is 0.142. The van der Waals surface area contributed by atoms with Crippen molar-refractivity contribution in [1.29, 1.82) is 0 Å². The van der Waals surface area contributed by atoms with Crippen molar-refractivity contribution in [2.75, 3.05) is 13.1 Å². The van der Waals surface area contributed by atoms with Gasteiger partial charge in [0.25, 0.3) is 5.91 Å². The van der Waals surface area contributed by atoms with Crippen LogP contribution in [0.2, 0.25) is 0 Å². The standard InChI is InChI=1S/C15H19Br2NO/c1-2-3-11-6-8-18(9-7-11)15(19)13-10-12(16)4-5-14(13)17/h4-5,10-11H,2-3,6-9H2,1H3. The molecular formula is C15H19Br2NO. The van der Waals surface area contributed by atoms with Gasteiger partial charge >= 0.3 is 0 Å². The Morgan fingerprint density at radius 3 is 2.63 bits per heavy atom. The Labute approximate surface area is 131 Å². The predicted octanol–water partition coefficient (Wildman–Crippen LogP) is 4.86. The third-order valence-corrected chi connectivity index (χ3v) is 4.94. The van der Waals surface area contributed by atoms with Crippen LogP contribution in [0.25, 0.3) is 0 Å². The molecule has 104 valence electrons. The van der Waals surface area contributed by atoms with Gasteiger partial charge in [-0.25, -0.2) is 0 Å². The topological polar surface area (TPSA) is 20.3 Å². The van der Waals surface area contributed by atoms with Gasteiger partial charge in [-0.2, -0.15) is 0 Å². The molecule has 0 radical (unpaired) electrons. The van der Waals surface area contributed by atoms with E-state index in [0.29, 0.717) is 0 Å². The van der Waals surface area contributed by atoms with Gasteiger partial charge in [0, 0.05) is 22.0 Å². The summed E-state index contributed by atoms with van der Waals surface area (Å²) in [7, 11) is 0. The third kappa shape index (κ3) is 3.82. The fourth-order valence-electron chi connectivity index (χ4n) is 2.66. The Hall–Kier alpha value is -0.350. The summed E-state index contributed by atoms with van der Waals surface area (Å²) in [5.41, 5.74) is 0.753. The fourth-order valence-corrected chi connectivity index (χ4v) is 3.44. The Bertz CT molecular complexity index is 453. The van der Waals surface area contributed by atoms with Crippen molar-refractivity contribution >= 4 is 37.8 Å². The maximum Gasteiger partial charge on any atom is 0.255 e. The Kier molecular flexibility index (Phi) is 5.46. The van der Waals surface area contributed by atoms with Crippen LogP contribution in [0.4, 0.5) is 0 Å². The van der Waals surface area contributed by atoms with Gasteiger partial charge in [0.1, 0.15) is 0 Å². The van der Waals surface area contributed by atoms with E-state index in [2.05, 4.69) is 38.8 Å². The van der Waals surface area contributed by atoms with Crippen LogP contribution in [0.1, 0.15) is 43.0 Å². The number of carbonyl (C=O) groups is 1. The van der Waals surface area contributed by atoms with E-state index in [1.54, 1.807) is 0 Å². The van der Waals surface area contributed by atoms with Crippen molar-refractivity contribution in [1.82, 2.24) is 4.90 Å². The number of hydrogen-bond donors (Lipinski definition) is 0. The van der Waals surface area contributed by atoms with E-state index in [-0.39, 0.29) is 5.91 Å². The largest absolute Gasteiger partial charge is 0.339 e. The van der Waals surface area contributed by atoms with E-state index in [4.69, 9.17) is 0 Å². The zero-order valence-electron chi connectivity index (χ0n) is 11.2. The van der Waals surface area contributed by atoms with Crippen LogP contribution >= 0.6 is 31.9 Å². The van der Waals surface area contributed by atoms with E-state index in [0.717, 1.165) is 46.4 Å². The monoisotopic (exact) mass is 387 g/mol. The Balaban J connectivity index is 2.03. The molecule has 0 unspecified atom stereocenters. The molecule has 0 spiro atoms. The van der Waals surface area contributed by atoms with Gasteiger partial charge in [-0.15, -0.1) is 0 Å². The maximum atomic E-state index is 12.5. The number of piperidine rings is 1.